The zero-order valence-corrected chi connectivity index (χ0v) is 13.7. The van der Waals surface area contributed by atoms with Crippen LogP contribution in [-0.4, -0.2) is 0 Å². The average Bonchev–Trinajstić information content (AvgIpc) is 2.14. The highest BCUT2D eigenvalue weighted by Crippen LogP contribution is 2.47. The molecule has 17 heavy (non-hydrogen) atoms. The largest absolute Gasteiger partial charge is 0.0654 e. The minimum atomic E-state index is 0.451. The minimum absolute atomic E-state index is 0.451. The van der Waals surface area contributed by atoms with Crippen molar-refractivity contribution in [1.82, 2.24) is 0 Å². The zero-order chi connectivity index (χ0) is 13.7. The molecule has 0 aromatic heterocycles. The van der Waals surface area contributed by atoms with Crippen LogP contribution in [0.25, 0.3) is 0 Å². The Morgan fingerprint density at radius 3 is 1.41 bits per heavy atom. The normalized spacial score (nSPS) is 16.9. The Morgan fingerprint density at radius 2 is 1.12 bits per heavy atom. The Balaban J connectivity index is 4.83. The molecule has 0 saturated heterocycles. The Hall–Kier alpha value is 0. The van der Waals surface area contributed by atoms with Gasteiger partial charge in [-0.15, -0.1) is 0 Å². The molecule has 1 unspecified atom stereocenters. The third-order valence-electron chi connectivity index (χ3n) is 4.37. The number of hydrogen-bond donors (Lipinski definition) is 0. The van der Waals surface area contributed by atoms with Gasteiger partial charge in [0.25, 0.3) is 0 Å². The van der Waals surface area contributed by atoms with Gasteiger partial charge >= 0.3 is 0 Å². The predicted octanol–water partition coefficient (Wildman–Crippen LogP) is 6.45. The van der Waals surface area contributed by atoms with E-state index in [1.807, 2.05) is 0 Å². The van der Waals surface area contributed by atoms with E-state index in [4.69, 9.17) is 0 Å². The van der Waals surface area contributed by atoms with Crippen molar-refractivity contribution in [1.29, 1.82) is 0 Å². The monoisotopic (exact) mass is 240 g/mol. The van der Waals surface area contributed by atoms with Crippen LogP contribution in [0, 0.1) is 16.2 Å². The van der Waals surface area contributed by atoms with Gasteiger partial charge in [0.1, 0.15) is 0 Å². The van der Waals surface area contributed by atoms with Gasteiger partial charge in [-0.3, -0.25) is 0 Å². The van der Waals surface area contributed by atoms with Gasteiger partial charge in [-0.1, -0.05) is 74.7 Å². The lowest BCUT2D eigenvalue weighted by Crippen LogP contribution is -2.30. The van der Waals surface area contributed by atoms with Crippen molar-refractivity contribution >= 4 is 0 Å². The van der Waals surface area contributed by atoms with Crippen molar-refractivity contribution < 1.29 is 0 Å². The molecule has 104 valence electrons. The zero-order valence-electron chi connectivity index (χ0n) is 13.7. The van der Waals surface area contributed by atoms with Crippen molar-refractivity contribution in [2.24, 2.45) is 16.2 Å². The molecule has 0 aromatic carbocycles. The Labute approximate surface area is 111 Å². The SMILES string of the molecule is CCCC(C)(CC(C)(C)C)CC(C)(CC)CC. The highest BCUT2D eigenvalue weighted by molar-refractivity contribution is 4.86. The summed E-state index contributed by atoms with van der Waals surface area (Å²) >= 11 is 0. The second kappa shape index (κ2) is 6.25. The van der Waals surface area contributed by atoms with Gasteiger partial charge in [0.15, 0.2) is 0 Å². The van der Waals surface area contributed by atoms with E-state index in [1.165, 1.54) is 38.5 Å². The first kappa shape index (κ1) is 17.0. The van der Waals surface area contributed by atoms with Crippen molar-refractivity contribution in [3.63, 3.8) is 0 Å². The third-order valence-corrected chi connectivity index (χ3v) is 4.37. The van der Waals surface area contributed by atoms with E-state index in [0.29, 0.717) is 16.2 Å². The molecule has 0 rings (SSSR count). The molecule has 0 bridgehead atoms. The van der Waals surface area contributed by atoms with Crippen LogP contribution < -0.4 is 0 Å². The molecule has 0 heterocycles. The highest BCUT2D eigenvalue weighted by Gasteiger charge is 2.35. The highest BCUT2D eigenvalue weighted by atomic mass is 14.4. The molecule has 0 aliphatic rings. The van der Waals surface area contributed by atoms with Crippen LogP contribution in [0.5, 0.6) is 0 Å². The molecular weight excluding hydrogens is 204 g/mol. The smallest absolute Gasteiger partial charge is 0.0316 e. The van der Waals surface area contributed by atoms with Crippen LogP contribution in [0.15, 0.2) is 0 Å². The van der Waals surface area contributed by atoms with Gasteiger partial charge in [0.2, 0.25) is 0 Å². The molecule has 0 nitrogen and oxygen atoms in total. The summed E-state index contributed by atoms with van der Waals surface area (Å²) in [5.41, 5.74) is 1.51. The summed E-state index contributed by atoms with van der Waals surface area (Å²) in [6.45, 7) is 19.2. The maximum atomic E-state index is 2.52. The molecule has 0 spiro atoms. The first-order valence-corrected chi connectivity index (χ1v) is 7.60. The molecule has 0 saturated carbocycles. The van der Waals surface area contributed by atoms with Crippen LogP contribution in [-0.2, 0) is 0 Å². The summed E-state index contributed by atoms with van der Waals surface area (Å²) in [4.78, 5) is 0. The van der Waals surface area contributed by atoms with E-state index in [0.717, 1.165) is 0 Å². The van der Waals surface area contributed by atoms with E-state index in [2.05, 4.69) is 55.4 Å². The first-order valence-electron chi connectivity index (χ1n) is 7.60. The van der Waals surface area contributed by atoms with E-state index in [9.17, 15) is 0 Å². The van der Waals surface area contributed by atoms with Crippen LogP contribution in [0.3, 0.4) is 0 Å². The fraction of sp³-hybridized carbons (Fsp3) is 1.00. The topological polar surface area (TPSA) is 0 Å². The molecule has 0 fully saturated rings. The van der Waals surface area contributed by atoms with Crippen molar-refractivity contribution in [2.75, 3.05) is 0 Å². The maximum absolute atomic E-state index is 2.52. The Kier molecular flexibility index (Phi) is 6.25. The quantitative estimate of drug-likeness (QED) is 0.480. The van der Waals surface area contributed by atoms with Gasteiger partial charge in [-0.2, -0.15) is 0 Å². The summed E-state index contributed by atoms with van der Waals surface area (Å²) in [5.74, 6) is 0. The van der Waals surface area contributed by atoms with Crippen LogP contribution in [0.2, 0.25) is 0 Å². The van der Waals surface area contributed by atoms with Gasteiger partial charge in [-0.05, 0) is 35.5 Å². The number of rotatable bonds is 7. The lowest BCUT2D eigenvalue weighted by Gasteiger charge is -2.42. The second-order valence-electron chi connectivity index (χ2n) is 7.99. The van der Waals surface area contributed by atoms with Crippen LogP contribution in [0.4, 0.5) is 0 Å². The molecule has 0 amide bonds. The number of hydrogen-bond acceptors (Lipinski definition) is 0. The summed E-state index contributed by atoms with van der Waals surface area (Å²) in [6, 6.07) is 0. The third kappa shape index (κ3) is 6.48. The van der Waals surface area contributed by atoms with Gasteiger partial charge in [-0.25, -0.2) is 0 Å². The fourth-order valence-corrected chi connectivity index (χ4v) is 3.65. The molecule has 0 heteroatoms. The Morgan fingerprint density at radius 1 is 0.647 bits per heavy atom. The lowest BCUT2D eigenvalue weighted by molar-refractivity contribution is 0.0899. The summed E-state index contributed by atoms with van der Waals surface area (Å²) < 4.78 is 0. The van der Waals surface area contributed by atoms with Crippen LogP contribution in [0.1, 0.15) is 93.9 Å². The summed E-state index contributed by atoms with van der Waals surface area (Å²) in [5, 5.41) is 0. The lowest BCUT2D eigenvalue weighted by atomic mass is 9.63. The van der Waals surface area contributed by atoms with Crippen molar-refractivity contribution in [3.05, 3.63) is 0 Å². The van der Waals surface area contributed by atoms with E-state index < -0.39 is 0 Å². The molecular formula is C17H36. The van der Waals surface area contributed by atoms with Gasteiger partial charge in [0.05, 0.1) is 0 Å². The Bertz CT molecular complexity index is 205. The standard InChI is InChI=1S/C17H36/c1-9-12-17(8,13-15(4,5)6)14-16(7,10-2)11-3/h9-14H2,1-8H3. The maximum Gasteiger partial charge on any atom is -0.0316 e. The van der Waals surface area contributed by atoms with Gasteiger partial charge < -0.3 is 0 Å². The molecule has 1 atom stereocenters. The van der Waals surface area contributed by atoms with Crippen molar-refractivity contribution in [2.45, 2.75) is 93.9 Å². The summed E-state index contributed by atoms with van der Waals surface area (Å²) in [7, 11) is 0. The van der Waals surface area contributed by atoms with E-state index >= 15 is 0 Å². The van der Waals surface area contributed by atoms with E-state index in [-0.39, 0.29) is 0 Å². The fourth-order valence-electron chi connectivity index (χ4n) is 3.65. The van der Waals surface area contributed by atoms with Gasteiger partial charge in [0, 0.05) is 0 Å². The minimum Gasteiger partial charge on any atom is -0.0654 e. The second-order valence-corrected chi connectivity index (χ2v) is 7.99. The molecule has 0 N–H and O–H groups in total. The molecule has 0 aliphatic heterocycles. The first-order chi connectivity index (χ1) is 7.60. The van der Waals surface area contributed by atoms with Crippen molar-refractivity contribution in [3.8, 4) is 0 Å². The molecule has 0 aliphatic carbocycles. The molecule has 0 aromatic rings. The van der Waals surface area contributed by atoms with Crippen LogP contribution >= 0.6 is 0 Å². The predicted molar refractivity (Wildman–Crippen MR) is 80.4 cm³/mol. The summed E-state index contributed by atoms with van der Waals surface area (Å²) in [6.07, 6.45) is 8.05. The molecule has 0 radical (unpaired) electrons. The average molecular weight is 240 g/mol. The van der Waals surface area contributed by atoms with E-state index in [1.54, 1.807) is 0 Å².